The molecule has 2 atom stereocenters. The highest BCUT2D eigenvalue weighted by Gasteiger charge is 2.26. The number of aromatic nitrogens is 4. The second-order valence-corrected chi connectivity index (χ2v) is 4.97. The molecule has 6 heteroatoms. The molecule has 0 amide bonds. The van der Waals surface area contributed by atoms with Crippen LogP contribution >= 0.6 is 0 Å². The second-order valence-electron chi connectivity index (χ2n) is 4.97. The van der Waals surface area contributed by atoms with Gasteiger partial charge in [0.05, 0.1) is 17.7 Å². The fourth-order valence-corrected chi connectivity index (χ4v) is 2.71. The van der Waals surface area contributed by atoms with Crippen LogP contribution in [-0.4, -0.2) is 39.0 Å². The van der Waals surface area contributed by atoms with Crippen LogP contribution in [-0.2, 0) is 11.8 Å². The van der Waals surface area contributed by atoms with Crippen molar-refractivity contribution in [3.05, 3.63) is 12.5 Å². The summed E-state index contributed by atoms with van der Waals surface area (Å²) in [4.78, 5) is 8.55. The van der Waals surface area contributed by atoms with Crippen molar-refractivity contribution in [3.63, 3.8) is 0 Å². The van der Waals surface area contributed by atoms with E-state index in [1.165, 1.54) is 0 Å². The molecule has 0 bridgehead atoms. The van der Waals surface area contributed by atoms with Gasteiger partial charge in [0.2, 0.25) is 0 Å². The van der Waals surface area contributed by atoms with Crippen molar-refractivity contribution < 1.29 is 4.74 Å². The van der Waals surface area contributed by atoms with Gasteiger partial charge >= 0.3 is 0 Å². The Labute approximate surface area is 112 Å². The van der Waals surface area contributed by atoms with Crippen LogP contribution in [0.4, 0.5) is 5.82 Å². The molecule has 102 valence electrons. The molecule has 1 aliphatic heterocycles. The molecule has 1 fully saturated rings. The van der Waals surface area contributed by atoms with Crippen molar-refractivity contribution in [2.75, 3.05) is 18.5 Å². The highest BCUT2D eigenvalue weighted by atomic mass is 16.5. The van der Waals surface area contributed by atoms with Crippen molar-refractivity contribution in [2.45, 2.75) is 25.9 Å². The molecule has 1 N–H and O–H groups in total. The average molecular weight is 261 g/mol. The van der Waals surface area contributed by atoms with Crippen molar-refractivity contribution in [2.24, 2.45) is 13.0 Å². The molecule has 2 aromatic rings. The van der Waals surface area contributed by atoms with Crippen LogP contribution in [0.1, 0.15) is 19.8 Å². The summed E-state index contributed by atoms with van der Waals surface area (Å²) < 4.78 is 7.47. The molecule has 6 nitrogen and oxygen atoms in total. The van der Waals surface area contributed by atoms with Gasteiger partial charge in [-0.15, -0.1) is 0 Å². The van der Waals surface area contributed by atoms with E-state index >= 15 is 0 Å². The Kier molecular flexibility index (Phi) is 3.33. The van der Waals surface area contributed by atoms with Gasteiger partial charge in [0.1, 0.15) is 12.1 Å². The average Bonchev–Trinajstić information content (AvgIpc) is 3.03. The van der Waals surface area contributed by atoms with Crippen LogP contribution in [0.5, 0.6) is 0 Å². The summed E-state index contributed by atoms with van der Waals surface area (Å²) in [6.45, 7) is 3.93. The van der Waals surface area contributed by atoms with Crippen molar-refractivity contribution in [3.8, 4) is 0 Å². The first-order chi connectivity index (χ1) is 9.29. The largest absolute Gasteiger partial charge is 0.378 e. The van der Waals surface area contributed by atoms with Gasteiger partial charge in [0, 0.05) is 26.1 Å². The lowest BCUT2D eigenvalue weighted by Gasteiger charge is -2.17. The zero-order chi connectivity index (χ0) is 13.2. The van der Waals surface area contributed by atoms with Gasteiger partial charge in [-0.2, -0.15) is 5.10 Å². The van der Waals surface area contributed by atoms with E-state index < -0.39 is 0 Å². The first-order valence-corrected chi connectivity index (χ1v) is 6.77. The molecule has 0 spiro atoms. The Morgan fingerprint density at radius 2 is 2.37 bits per heavy atom. The molecule has 3 heterocycles. The third-order valence-corrected chi connectivity index (χ3v) is 3.81. The number of nitrogens with zero attached hydrogens (tertiary/aromatic N) is 4. The summed E-state index contributed by atoms with van der Waals surface area (Å²) in [6, 6.07) is 0. The first-order valence-electron chi connectivity index (χ1n) is 6.77. The Bertz CT molecular complexity index is 567. The third-order valence-electron chi connectivity index (χ3n) is 3.81. The molecule has 0 radical (unpaired) electrons. The molecule has 1 saturated heterocycles. The zero-order valence-electron chi connectivity index (χ0n) is 11.3. The maximum absolute atomic E-state index is 5.71. The number of hydrogen-bond acceptors (Lipinski definition) is 5. The van der Waals surface area contributed by atoms with E-state index in [9.17, 15) is 0 Å². The second kappa shape index (κ2) is 5.13. The molecule has 0 aromatic carbocycles. The highest BCUT2D eigenvalue weighted by molar-refractivity contribution is 5.85. The number of ether oxygens (including phenoxy) is 1. The normalized spacial score (nSPS) is 23.1. The summed E-state index contributed by atoms with van der Waals surface area (Å²) in [6.07, 6.45) is 5.94. The van der Waals surface area contributed by atoms with Gasteiger partial charge < -0.3 is 10.1 Å². The standard InChI is InChI=1S/C13H19N5O/c1-3-11-9(4-5-19-11)6-14-12-10-7-17-18(2)13(10)16-8-15-12/h7-9,11H,3-6H2,1-2H3,(H,14,15,16). The fraction of sp³-hybridized carbons (Fsp3) is 0.615. The predicted octanol–water partition coefficient (Wildman–Crippen LogP) is 1.59. The lowest BCUT2D eigenvalue weighted by molar-refractivity contribution is 0.0900. The third kappa shape index (κ3) is 2.28. The molecule has 1 aliphatic rings. The summed E-state index contributed by atoms with van der Waals surface area (Å²) in [5.74, 6) is 1.42. The van der Waals surface area contributed by atoms with Crippen LogP contribution in [0.2, 0.25) is 0 Å². The molecular formula is C13H19N5O. The van der Waals surface area contributed by atoms with Crippen molar-refractivity contribution >= 4 is 16.9 Å². The number of aryl methyl sites for hydroxylation is 1. The van der Waals surface area contributed by atoms with E-state index in [1.807, 2.05) is 7.05 Å². The maximum atomic E-state index is 5.71. The first kappa shape index (κ1) is 12.3. The predicted molar refractivity (Wildman–Crippen MR) is 72.9 cm³/mol. The summed E-state index contributed by atoms with van der Waals surface area (Å²) in [5.41, 5.74) is 0.854. The Hall–Kier alpha value is -1.69. The number of nitrogens with one attached hydrogen (secondary N) is 1. The van der Waals surface area contributed by atoms with E-state index in [2.05, 4.69) is 27.3 Å². The highest BCUT2D eigenvalue weighted by Crippen LogP contribution is 2.25. The van der Waals surface area contributed by atoms with E-state index in [1.54, 1.807) is 17.2 Å². The minimum atomic E-state index is 0.374. The van der Waals surface area contributed by atoms with Gasteiger partial charge in [-0.3, -0.25) is 4.68 Å². The van der Waals surface area contributed by atoms with E-state index in [4.69, 9.17) is 4.74 Å². The fourth-order valence-electron chi connectivity index (χ4n) is 2.71. The molecule has 2 unspecified atom stereocenters. The summed E-state index contributed by atoms with van der Waals surface area (Å²) in [7, 11) is 1.89. The Balaban J connectivity index is 1.75. The van der Waals surface area contributed by atoms with Gasteiger partial charge in [0.15, 0.2) is 5.65 Å². The monoisotopic (exact) mass is 261 g/mol. The number of hydrogen-bond donors (Lipinski definition) is 1. The SMILES string of the molecule is CCC1OCCC1CNc1ncnc2c1cnn2C. The summed E-state index contributed by atoms with van der Waals surface area (Å²) in [5, 5.41) is 8.61. The van der Waals surface area contributed by atoms with Crippen LogP contribution in [0.15, 0.2) is 12.5 Å². The number of anilines is 1. The lowest BCUT2D eigenvalue weighted by atomic mass is 10.00. The smallest absolute Gasteiger partial charge is 0.163 e. The summed E-state index contributed by atoms with van der Waals surface area (Å²) >= 11 is 0. The van der Waals surface area contributed by atoms with Crippen molar-refractivity contribution in [1.29, 1.82) is 0 Å². The molecule has 19 heavy (non-hydrogen) atoms. The van der Waals surface area contributed by atoms with E-state index in [-0.39, 0.29) is 0 Å². The van der Waals surface area contributed by atoms with Crippen molar-refractivity contribution in [1.82, 2.24) is 19.7 Å². The zero-order valence-corrected chi connectivity index (χ0v) is 11.3. The molecule has 3 rings (SSSR count). The minimum Gasteiger partial charge on any atom is -0.378 e. The van der Waals surface area contributed by atoms with E-state index in [0.29, 0.717) is 12.0 Å². The number of rotatable bonds is 4. The molecule has 0 saturated carbocycles. The molecular weight excluding hydrogens is 242 g/mol. The molecule has 2 aromatic heterocycles. The Morgan fingerprint density at radius 3 is 3.21 bits per heavy atom. The Morgan fingerprint density at radius 1 is 1.47 bits per heavy atom. The van der Waals surface area contributed by atoms with Gasteiger partial charge in [0.25, 0.3) is 0 Å². The van der Waals surface area contributed by atoms with Crippen LogP contribution in [0.3, 0.4) is 0 Å². The van der Waals surface area contributed by atoms with Gasteiger partial charge in [-0.1, -0.05) is 6.92 Å². The number of fused-ring (bicyclic) bond motifs is 1. The topological polar surface area (TPSA) is 64.9 Å². The van der Waals surface area contributed by atoms with Gasteiger partial charge in [-0.25, -0.2) is 9.97 Å². The van der Waals surface area contributed by atoms with Crippen LogP contribution in [0.25, 0.3) is 11.0 Å². The maximum Gasteiger partial charge on any atom is 0.163 e. The van der Waals surface area contributed by atoms with Crippen LogP contribution < -0.4 is 5.32 Å². The van der Waals surface area contributed by atoms with E-state index in [0.717, 1.165) is 42.8 Å². The van der Waals surface area contributed by atoms with Crippen LogP contribution in [0, 0.1) is 5.92 Å². The quantitative estimate of drug-likeness (QED) is 0.905. The molecule has 0 aliphatic carbocycles. The minimum absolute atomic E-state index is 0.374. The lowest BCUT2D eigenvalue weighted by Crippen LogP contribution is -2.23. The van der Waals surface area contributed by atoms with Gasteiger partial charge in [-0.05, 0) is 12.8 Å².